The number of pyridine rings is 1. The van der Waals surface area contributed by atoms with Crippen LogP contribution in [0.2, 0.25) is 5.02 Å². The molecule has 25 heavy (non-hydrogen) atoms. The molecule has 128 valence electrons. The Hall–Kier alpha value is -2.30. The van der Waals surface area contributed by atoms with E-state index >= 15 is 0 Å². The average molecular weight is 354 g/mol. The molecule has 1 aliphatic rings. The van der Waals surface area contributed by atoms with Gasteiger partial charge in [-0.2, -0.15) is 0 Å². The fraction of sp³-hybridized carbons (Fsp3) is 0.250. The van der Waals surface area contributed by atoms with Gasteiger partial charge in [-0.15, -0.1) is 0 Å². The fourth-order valence-electron chi connectivity index (χ4n) is 3.20. The standard InChI is InChI=1S/C20H20ClN3O/c21-16-3-5-17(6-4-16)25-13-12-24-10-7-15(8-11-24)19-14-23-20-18(19)2-1-9-22-20/h1-7,9,14H,8,10-13H2,(H,22,23). The number of nitrogens with zero attached hydrogens (tertiary/aromatic N) is 2. The molecular weight excluding hydrogens is 334 g/mol. The molecule has 0 bridgehead atoms. The zero-order valence-corrected chi connectivity index (χ0v) is 14.7. The van der Waals surface area contributed by atoms with Crippen LogP contribution in [0.3, 0.4) is 0 Å². The molecule has 4 rings (SSSR count). The topological polar surface area (TPSA) is 41.1 Å². The Morgan fingerprint density at radius 3 is 2.88 bits per heavy atom. The van der Waals surface area contributed by atoms with E-state index in [1.54, 1.807) is 0 Å². The van der Waals surface area contributed by atoms with E-state index in [1.807, 2.05) is 36.5 Å². The van der Waals surface area contributed by atoms with Crippen LogP contribution in [0.1, 0.15) is 12.0 Å². The molecule has 0 radical (unpaired) electrons. The largest absolute Gasteiger partial charge is 0.492 e. The second-order valence-corrected chi connectivity index (χ2v) is 6.62. The van der Waals surface area contributed by atoms with E-state index in [9.17, 15) is 0 Å². The van der Waals surface area contributed by atoms with E-state index in [2.05, 4.69) is 33.2 Å². The van der Waals surface area contributed by atoms with Crippen molar-refractivity contribution in [2.45, 2.75) is 6.42 Å². The SMILES string of the molecule is Clc1ccc(OCCN2CC=C(c3c[nH]c4ncccc34)CC2)cc1. The van der Waals surface area contributed by atoms with Crippen LogP contribution < -0.4 is 4.74 Å². The van der Waals surface area contributed by atoms with Crippen molar-refractivity contribution in [1.29, 1.82) is 0 Å². The lowest BCUT2D eigenvalue weighted by Gasteiger charge is -2.26. The Labute approximate surface area is 152 Å². The maximum absolute atomic E-state index is 5.88. The van der Waals surface area contributed by atoms with Gasteiger partial charge in [0.25, 0.3) is 0 Å². The second-order valence-electron chi connectivity index (χ2n) is 6.18. The van der Waals surface area contributed by atoms with Crippen LogP contribution in [0.5, 0.6) is 5.75 Å². The van der Waals surface area contributed by atoms with Crippen molar-refractivity contribution in [1.82, 2.24) is 14.9 Å². The number of hydrogen-bond donors (Lipinski definition) is 1. The molecule has 2 aromatic heterocycles. The first-order chi connectivity index (χ1) is 12.3. The molecule has 0 amide bonds. The van der Waals surface area contributed by atoms with Gasteiger partial charge >= 0.3 is 0 Å². The van der Waals surface area contributed by atoms with Crippen LogP contribution in [-0.4, -0.2) is 41.1 Å². The highest BCUT2D eigenvalue weighted by atomic mass is 35.5. The predicted molar refractivity (Wildman–Crippen MR) is 102 cm³/mol. The first kappa shape index (κ1) is 16.2. The molecule has 3 heterocycles. The first-order valence-electron chi connectivity index (χ1n) is 8.52. The van der Waals surface area contributed by atoms with Crippen LogP contribution in [0.15, 0.2) is 54.9 Å². The van der Waals surface area contributed by atoms with Gasteiger partial charge in [0.1, 0.15) is 18.0 Å². The van der Waals surface area contributed by atoms with Crippen molar-refractivity contribution in [3.63, 3.8) is 0 Å². The summed E-state index contributed by atoms with van der Waals surface area (Å²) in [5.41, 5.74) is 3.63. The molecule has 0 unspecified atom stereocenters. The molecule has 1 N–H and O–H groups in total. The third kappa shape index (κ3) is 3.70. The lowest BCUT2D eigenvalue weighted by Crippen LogP contribution is -2.32. The summed E-state index contributed by atoms with van der Waals surface area (Å²) in [6, 6.07) is 11.6. The van der Waals surface area contributed by atoms with E-state index < -0.39 is 0 Å². The quantitative estimate of drug-likeness (QED) is 0.739. The van der Waals surface area contributed by atoms with Crippen molar-refractivity contribution in [2.75, 3.05) is 26.2 Å². The van der Waals surface area contributed by atoms with Crippen LogP contribution in [0.25, 0.3) is 16.6 Å². The van der Waals surface area contributed by atoms with E-state index in [-0.39, 0.29) is 0 Å². The highest BCUT2D eigenvalue weighted by Gasteiger charge is 2.15. The summed E-state index contributed by atoms with van der Waals surface area (Å²) < 4.78 is 5.79. The third-order valence-corrected chi connectivity index (χ3v) is 4.83. The predicted octanol–water partition coefficient (Wildman–Crippen LogP) is 4.38. The summed E-state index contributed by atoms with van der Waals surface area (Å²) in [6.07, 6.45) is 7.26. The molecule has 1 aliphatic heterocycles. The minimum Gasteiger partial charge on any atom is -0.492 e. The molecule has 4 nitrogen and oxygen atoms in total. The average Bonchev–Trinajstić information content (AvgIpc) is 3.08. The van der Waals surface area contributed by atoms with E-state index in [4.69, 9.17) is 16.3 Å². The number of hydrogen-bond acceptors (Lipinski definition) is 3. The molecule has 0 saturated heterocycles. The van der Waals surface area contributed by atoms with Gasteiger partial charge in [0.15, 0.2) is 0 Å². The number of aromatic nitrogens is 2. The molecule has 3 aromatic rings. The van der Waals surface area contributed by atoms with E-state index in [0.29, 0.717) is 6.61 Å². The van der Waals surface area contributed by atoms with Crippen molar-refractivity contribution in [3.05, 3.63) is 65.5 Å². The molecule has 0 aliphatic carbocycles. The summed E-state index contributed by atoms with van der Waals surface area (Å²) in [6.45, 7) is 3.60. The molecule has 0 atom stereocenters. The van der Waals surface area contributed by atoms with Crippen LogP contribution in [-0.2, 0) is 0 Å². The minimum atomic E-state index is 0.682. The minimum absolute atomic E-state index is 0.682. The number of H-pyrrole nitrogens is 1. The monoisotopic (exact) mass is 353 g/mol. The maximum Gasteiger partial charge on any atom is 0.137 e. The highest BCUT2D eigenvalue weighted by molar-refractivity contribution is 6.30. The first-order valence-corrected chi connectivity index (χ1v) is 8.89. The summed E-state index contributed by atoms with van der Waals surface area (Å²) in [7, 11) is 0. The number of nitrogens with one attached hydrogen (secondary N) is 1. The summed E-state index contributed by atoms with van der Waals surface area (Å²) in [4.78, 5) is 10.0. The molecular formula is C20H20ClN3O. The molecule has 0 spiro atoms. The van der Waals surface area contributed by atoms with Gasteiger partial charge in [0, 0.05) is 48.0 Å². The van der Waals surface area contributed by atoms with Gasteiger partial charge in [-0.05, 0) is 48.4 Å². The summed E-state index contributed by atoms with van der Waals surface area (Å²) in [5.74, 6) is 0.865. The third-order valence-electron chi connectivity index (χ3n) is 4.58. The summed E-state index contributed by atoms with van der Waals surface area (Å²) in [5, 5.41) is 1.93. The van der Waals surface area contributed by atoms with Crippen LogP contribution in [0, 0.1) is 0 Å². The van der Waals surface area contributed by atoms with Crippen LogP contribution >= 0.6 is 11.6 Å². The van der Waals surface area contributed by atoms with E-state index in [0.717, 1.165) is 42.5 Å². The van der Waals surface area contributed by atoms with Crippen molar-refractivity contribution in [3.8, 4) is 5.75 Å². The normalized spacial score (nSPS) is 15.3. The second kappa shape index (κ2) is 7.30. The lowest BCUT2D eigenvalue weighted by atomic mass is 10.00. The molecule has 0 saturated carbocycles. The number of fused-ring (bicyclic) bond motifs is 1. The number of aromatic amines is 1. The van der Waals surface area contributed by atoms with Gasteiger partial charge in [0.2, 0.25) is 0 Å². The Kier molecular flexibility index (Phi) is 4.72. The van der Waals surface area contributed by atoms with E-state index in [1.165, 1.54) is 16.5 Å². The van der Waals surface area contributed by atoms with Crippen molar-refractivity contribution in [2.24, 2.45) is 0 Å². The molecule has 0 fully saturated rings. The van der Waals surface area contributed by atoms with Crippen molar-refractivity contribution < 1.29 is 4.74 Å². The van der Waals surface area contributed by atoms with Crippen LogP contribution in [0.4, 0.5) is 0 Å². The zero-order chi connectivity index (χ0) is 17.1. The summed E-state index contributed by atoms with van der Waals surface area (Å²) >= 11 is 5.88. The van der Waals surface area contributed by atoms with Gasteiger partial charge < -0.3 is 9.72 Å². The van der Waals surface area contributed by atoms with Gasteiger partial charge in [0.05, 0.1) is 0 Å². The van der Waals surface area contributed by atoms with Gasteiger partial charge in [-0.3, -0.25) is 4.90 Å². The number of rotatable bonds is 5. The Bertz CT molecular complexity index is 885. The lowest BCUT2D eigenvalue weighted by molar-refractivity contribution is 0.222. The number of ether oxygens (including phenoxy) is 1. The number of halogens is 1. The smallest absolute Gasteiger partial charge is 0.137 e. The Balaban J connectivity index is 1.33. The Morgan fingerprint density at radius 1 is 1.20 bits per heavy atom. The zero-order valence-electron chi connectivity index (χ0n) is 13.9. The maximum atomic E-state index is 5.88. The highest BCUT2D eigenvalue weighted by Crippen LogP contribution is 2.28. The fourth-order valence-corrected chi connectivity index (χ4v) is 3.33. The Morgan fingerprint density at radius 2 is 2.08 bits per heavy atom. The van der Waals surface area contributed by atoms with Gasteiger partial charge in [-0.25, -0.2) is 4.98 Å². The molecule has 1 aromatic carbocycles. The number of benzene rings is 1. The van der Waals surface area contributed by atoms with Crippen molar-refractivity contribution >= 4 is 28.2 Å². The van der Waals surface area contributed by atoms with Gasteiger partial charge in [-0.1, -0.05) is 17.7 Å². The molecule has 5 heteroatoms.